The number of nitrogens with one attached hydrogen (secondary N) is 2. The largest absolute Gasteiger partial charge is 0.391 e. The van der Waals surface area contributed by atoms with Gasteiger partial charge in [-0.3, -0.25) is 4.79 Å². The van der Waals surface area contributed by atoms with Crippen LogP contribution in [0.15, 0.2) is 0 Å². The Morgan fingerprint density at radius 1 is 1.58 bits per heavy atom. The molecular weight excluding hydrogens is 244 g/mol. The fourth-order valence-corrected chi connectivity index (χ4v) is 2.55. The van der Waals surface area contributed by atoms with Crippen LogP contribution in [-0.2, 0) is 9.53 Å². The van der Waals surface area contributed by atoms with Gasteiger partial charge in [-0.1, -0.05) is 6.92 Å². The molecule has 1 heterocycles. The summed E-state index contributed by atoms with van der Waals surface area (Å²) in [6, 6.07) is 0. The summed E-state index contributed by atoms with van der Waals surface area (Å²) in [5.41, 5.74) is 0. The standard InChI is InChI=1S/C14H28N2O3/c1-11(12-4-3-6-15-9-12)8-14(18)16-7-5-13(17)10-19-2/h11-13,15,17H,3-10H2,1-2H3,(H,16,18). The average molecular weight is 272 g/mol. The highest BCUT2D eigenvalue weighted by Crippen LogP contribution is 2.22. The van der Waals surface area contributed by atoms with Crippen LogP contribution >= 0.6 is 0 Å². The number of amides is 1. The number of carbonyl (C=O) groups is 1. The number of piperidine rings is 1. The molecule has 1 amide bonds. The van der Waals surface area contributed by atoms with Gasteiger partial charge >= 0.3 is 0 Å². The lowest BCUT2D eigenvalue weighted by molar-refractivity contribution is -0.122. The van der Waals surface area contributed by atoms with E-state index in [9.17, 15) is 9.90 Å². The van der Waals surface area contributed by atoms with Gasteiger partial charge in [0.2, 0.25) is 5.91 Å². The fourth-order valence-electron chi connectivity index (χ4n) is 2.55. The molecule has 112 valence electrons. The molecule has 5 heteroatoms. The molecule has 1 aliphatic rings. The first-order chi connectivity index (χ1) is 9.13. The molecule has 0 aromatic rings. The minimum absolute atomic E-state index is 0.0858. The van der Waals surface area contributed by atoms with E-state index < -0.39 is 6.10 Å². The average Bonchev–Trinajstić information content (AvgIpc) is 2.40. The molecule has 0 radical (unpaired) electrons. The number of rotatable bonds is 8. The second-order valence-corrected chi connectivity index (χ2v) is 5.54. The maximum Gasteiger partial charge on any atom is 0.220 e. The first-order valence-electron chi connectivity index (χ1n) is 7.28. The van der Waals surface area contributed by atoms with Crippen molar-refractivity contribution in [2.24, 2.45) is 11.8 Å². The second-order valence-electron chi connectivity index (χ2n) is 5.54. The lowest BCUT2D eigenvalue weighted by Crippen LogP contribution is -2.36. The zero-order valence-electron chi connectivity index (χ0n) is 12.2. The molecule has 0 aliphatic carbocycles. The van der Waals surface area contributed by atoms with Crippen LogP contribution in [0.25, 0.3) is 0 Å². The van der Waals surface area contributed by atoms with Crippen LogP contribution < -0.4 is 10.6 Å². The molecule has 3 atom stereocenters. The monoisotopic (exact) mass is 272 g/mol. The number of hydrogen-bond donors (Lipinski definition) is 3. The first-order valence-corrected chi connectivity index (χ1v) is 7.28. The Kier molecular flexibility index (Phi) is 8.02. The summed E-state index contributed by atoms with van der Waals surface area (Å²) in [4.78, 5) is 11.8. The highest BCUT2D eigenvalue weighted by Gasteiger charge is 2.21. The van der Waals surface area contributed by atoms with Crippen molar-refractivity contribution in [1.82, 2.24) is 10.6 Å². The van der Waals surface area contributed by atoms with Gasteiger partial charge in [0.1, 0.15) is 0 Å². The Morgan fingerprint density at radius 2 is 2.37 bits per heavy atom. The highest BCUT2D eigenvalue weighted by atomic mass is 16.5. The van der Waals surface area contributed by atoms with Gasteiger partial charge in [-0.05, 0) is 44.2 Å². The van der Waals surface area contributed by atoms with Crippen LogP contribution in [0, 0.1) is 11.8 Å². The van der Waals surface area contributed by atoms with Crippen LogP contribution in [0.4, 0.5) is 0 Å². The summed E-state index contributed by atoms with van der Waals surface area (Å²) < 4.78 is 4.84. The molecule has 3 unspecified atom stereocenters. The maximum atomic E-state index is 11.8. The van der Waals surface area contributed by atoms with Crippen molar-refractivity contribution in [3.63, 3.8) is 0 Å². The Balaban J connectivity index is 2.12. The lowest BCUT2D eigenvalue weighted by Gasteiger charge is -2.28. The molecule has 0 saturated carbocycles. The van der Waals surface area contributed by atoms with Gasteiger partial charge in [0, 0.05) is 20.1 Å². The third-order valence-corrected chi connectivity index (χ3v) is 3.81. The van der Waals surface area contributed by atoms with Crippen molar-refractivity contribution in [3.05, 3.63) is 0 Å². The predicted octanol–water partition coefficient (Wildman–Crippen LogP) is 0.526. The third-order valence-electron chi connectivity index (χ3n) is 3.81. The van der Waals surface area contributed by atoms with E-state index in [0.717, 1.165) is 13.1 Å². The topological polar surface area (TPSA) is 70.6 Å². The summed E-state index contributed by atoms with van der Waals surface area (Å²) in [5, 5.41) is 15.7. The maximum absolute atomic E-state index is 11.8. The zero-order chi connectivity index (χ0) is 14.1. The van der Waals surface area contributed by atoms with Crippen LogP contribution in [0.1, 0.15) is 32.6 Å². The van der Waals surface area contributed by atoms with Crippen molar-refractivity contribution >= 4 is 5.91 Å². The van der Waals surface area contributed by atoms with E-state index in [1.807, 2.05) is 0 Å². The molecule has 1 saturated heterocycles. The number of carbonyl (C=O) groups excluding carboxylic acids is 1. The summed E-state index contributed by atoms with van der Waals surface area (Å²) >= 11 is 0. The molecular formula is C14H28N2O3. The highest BCUT2D eigenvalue weighted by molar-refractivity contribution is 5.76. The number of ether oxygens (including phenoxy) is 1. The van der Waals surface area contributed by atoms with E-state index >= 15 is 0 Å². The van der Waals surface area contributed by atoms with E-state index in [-0.39, 0.29) is 5.91 Å². The zero-order valence-corrected chi connectivity index (χ0v) is 12.2. The lowest BCUT2D eigenvalue weighted by atomic mass is 9.85. The molecule has 1 aliphatic heterocycles. The van der Waals surface area contributed by atoms with Crippen molar-refractivity contribution < 1.29 is 14.6 Å². The summed E-state index contributed by atoms with van der Waals surface area (Å²) in [6.45, 7) is 5.11. The Bertz CT molecular complexity index is 255. The molecule has 0 aromatic heterocycles. The number of hydrogen-bond acceptors (Lipinski definition) is 4. The SMILES string of the molecule is COCC(O)CCNC(=O)CC(C)C1CCCNC1. The normalized spacial score (nSPS) is 22.8. The number of aliphatic hydroxyl groups is 1. The van der Waals surface area contributed by atoms with Crippen molar-refractivity contribution in [2.45, 2.75) is 38.7 Å². The van der Waals surface area contributed by atoms with Crippen molar-refractivity contribution in [2.75, 3.05) is 33.4 Å². The summed E-state index contributed by atoms with van der Waals surface area (Å²) in [6.07, 6.45) is 3.05. The molecule has 1 fully saturated rings. The van der Waals surface area contributed by atoms with Gasteiger partial charge in [-0.2, -0.15) is 0 Å². The predicted molar refractivity (Wildman–Crippen MR) is 74.9 cm³/mol. The summed E-state index contributed by atoms with van der Waals surface area (Å²) in [7, 11) is 1.56. The molecule has 5 nitrogen and oxygen atoms in total. The van der Waals surface area contributed by atoms with E-state index in [1.165, 1.54) is 12.8 Å². The minimum atomic E-state index is -0.495. The van der Waals surface area contributed by atoms with Gasteiger partial charge < -0.3 is 20.5 Å². The molecule has 0 spiro atoms. The van der Waals surface area contributed by atoms with E-state index in [4.69, 9.17) is 4.74 Å². The second kappa shape index (κ2) is 9.28. The molecule has 1 rings (SSSR count). The Labute approximate surface area is 116 Å². The molecule has 3 N–H and O–H groups in total. The molecule has 0 bridgehead atoms. The number of aliphatic hydroxyl groups excluding tert-OH is 1. The fraction of sp³-hybridized carbons (Fsp3) is 0.929. The number of methoxy groups -OCH3 is 1. The van der Waals surface area contributed by atoms with Gasteiger partial charge in [0.15, 0.2) is 0 Å². The van der Waals surface area contributed by atoms with Crippen molar-refractivity contribution in [3.8, 4) is 0 Å². The van der Waals surface area contributed by atoms with E-state index in [1.54, 1.807) is 7.11 Å². The Hall–Kier alpha value is -0.650. The van der Waals surface area contributed by atoms with Crippen LogP contribution in [0.3, 0.4) is 0 Å². The minimum Gasteiger partial charge on any atom is -0.391 e. The third kappa shape index (κ3) is 6.89. The molecule has 0 aromatic carbocycles. The van der Waals surface area contributed by atoms with E-state index in [0.29, 0.717) is 37.8 Å². The van der Waals surface area contributed by atoms with Gasteiger partial charge in [0.25, 0.3) is 0 Å². The van der Waals surface area contributed by atoms with Crippen molar-refractivity contribution in [1.29, 1.82) is 0 Å². The van der Waals surface area contributed by atoms with Gasteiger partial charge in [-0.25, -0.2) is 0 Å². The first kappa shape index (κ1) is 16.4. The van der Waals surface area contributed by atoms with Gasteiger partial charge in [0.05, 0.1) is 12.7 Å². The van der Waals surface area contributed by atoms with Crippen LogP contribution in [0.5, 0.6) is 0 Å². The van der Waals surface area contributed by atoms with Gasteiger partial charge in [-0.15, -0.1) is 0 Å². The van der Waals surface area contributed by atoms with Crippen LogP contribution in [-0.4, -0.2) is 50.5 Å². The van der Waals surface area contributed by atoms with E-state index in [2.05, 4.69) is 17.6 Å². The summed E-state index contributed by atoms with van der Waals surface area (Å²) in [5.74, 6) is 1.11. The Morgan fingerprint density at radius 3 is 3.00 bits per heavy atom. The smallest absolute Gasteiger partial charge is 0.220 e. The van der Waals surface area contributed by atoms with Crippen LogP contribution in [0.2, 0.25) is 0 Å². The quantitative estimate of drug-likeness (QED) is 0.603. The molecule has 19 heavy (non-hydrogen) atoms.